The molecule has 0 radical (unpaired) electrons. The molecule has 0 unspecified atom stereocenters. The molecule has 0 aliphatic carbocycles. The molecular formula is C16H21F2NO3. The van der Waals surface area contributed by atoms with Crippen LogP contribution >= 0.6 is 0 Å². The van der Waals surface area contributed by atoms with Crippen LogP contribution < -0.4 is 5.32 Å². The number of carbonyl (C=O) groups excluding carboxylic acids is 1. The maximum Gasteiger partial charge on any atom is 0.305 e. The maximum atomic E-state index is 13.5. The van der Waals surface area contributed by atoms with Crippen molar-refractivity contribution in [3.63, 3.8) is 0 Å². The first-order chi connectivity index (χ1) is 10.3. The molecule has 0 bridgehead atoms. The fourth-order valence-electron chi connectivity index (χ4n) is 2.35. The molecule has 4 nitrogen and oxygen atoms in total. The number of amides is 1. The summed E-state index contributed by atoms with van der Waals surface area (Å²) >= 11 is 0. The Kier molecular flexibility index (Phi) is 6.46. The van der Waals surface area contributed by atoms with Gasteiger partial charge in [-0.15, -0.1) is 0 Å². The third-order valence-electron chi connectivity index (χ3n) is 3.88. The molecule has 0 aliphatic heterocycles. The zero-order valence-electron chi connectivity index (χ0n) is 12.8. The molecule has 22 heavy (non-hydrogen) atoms. The van der Waals surface area contributed by atoms with Crippen LogP contribution in [0.2, 0.25) is 0 Å². The first kappa shape index (κ1) is 18.1. The fraction of sp³-hybridized carbons (Fsp3) is 0.500. The number of halogens is 2. The second-order valence-electron chi connectivity index (χ2n) is 5.34. The minimum absolute atomic E-state index is 0.0260. The Hall–Kier alpha value is -1.98. The molecule has 1 aromatic carbocycles. The van der Waals surface area contributed by atoms with Gasteiger partial charge >= 0.3 is 5.97 Å². The Balaban J connectivity index is 2.68. The molecule has 1 amide bonds. The number of hydrogen-bond donors (Lipinski definition) is 2. The normalized spacial score (nSPS) is 11.3. The molecular weight excluding hydrogens is 292 g/mol. The van der Waals surface area contributed by atoms with E-state index in [2.05, 4.69) is 5.32 Å². The number of aliphatic carboxylic acids is 1. The standard InChI is InChI=1S/C16H21F2NO3/c1-3-16(4-2,10-15(21)22)19-14(20)8-5-11-9-12(17)6-7-13(11)18/h6-7,9H,3-5,8,10H2,1-2H3,(H,19,20)(H,21,22). The van der Waals surface area contributed by atoms with E-state index in [4.69, 9.17) is 5.11 Å². The number of carbonyl (C=O) groups is 2. The highest BCUT2D eigenvalue weighted by molar-refractivity contribution is 5.78. The number of benzene rings is 1. The van der Waals surface area contributed by atoms with Crippen LogP contribution in [-0.4, -0.2) is 22.5 Å². The van der Waals surface area contributed by atoms with E-state index in [0.29, 0.717) is 12.8 Å². The second kappa shape index (κ2) is 7.87. The van der Waals surface area contributed by atoms with Crippen LogP contribution in [0.4, 0.5) is 8.78 Å². The van der Waals surface area contributed by atoms with E-state index < -0.39 is 23.1 Å². The highest BCUT2D eigenvalue weighted by Gasteiger charge is 2.30. The summed E-state index contributed by atoms with van der Waals surface area (Å²) in [6, 6.07) is 3.10. The fourth-order valence-corrected chi connectivity index (χ4v) is 2.35. The van der Waals surface area contributed by atoms with E-state index in [0.717, 1.165) is 18.2 Å². The molecule has 1 aromatic rings. The number of rotatable bonds is 8. The number of hydrogen-bond acceptors (Lipinski definition) is 2. The number of carboxylic acid groups (broad SMARTS) is 1. The largest absolute Gasteiger partial charge is 0.481 e. The Morgan fingerprint density at radius 3 is 2.41 bits per heavy atom. The van der Waals surface area contributed by atoms with Gasteiger partial charge in [-0.3, -0.25) is 9.59 Å². The number of aryl methyl sites for hydroxylation is 1. The van der Waals surface area contributed by atoms with E-state index in [1.807, 2.05) is 0 Å². The minimum atomic E-state index is -0.986. The SMILES string of the molecule is CCC(CC)(CC(=O)O)NC(=O)CCc1cc(F)ccc1F. The highest BCUT2D eigenvalue weighted by Crippen LogP contribution is 2.20. The highest BCUT2D eigenvalue weighted by atomic mass is 19.1. The molecule has 1 rings (SSSR count). The van der Waals surface area contributed by atoms with Crippen LogP contribution in [0.1, 0.15) is 45.1 Å². The van der Waals surface area contributed by atoms with E-state index in [1.165, 1.54) is 0 Å². The number of carboxylic acids is 1. The van der Waals surface area contributed by atoms with Crippen molar-refractivity contribution in [3.05, 3.63) is 35.4 Å². The van der Waals surface area contributed by atoms with E-state index >= 15 is 0 Å². The van der Waals surface area contributed by atoms with Crippen molar-refractivity contribution in [1.82, 2.24) is 5.32 Å². The maximum absolute atomic E-state index is 13.5. The topological polar surface area (TPSA) is 66.4 Å². The summed E-state index contributed by atoms with van der Waals surface area (Å²) in [5.41, 5.74) is -0.671. The van der Waals surface area contributed by atoms with Gasteiger partial charge in [-0.05, 0) is 43.0 Å². The lowest BCUT2D eigenvalue weighted by Crippen LogP contribution is -2.49. The Morgan fingerprint density at radius 2 is 1.86 bits per heavy atom. The molecule has 0 spiro atoms. The predicted molar refractivity (Wildman–Crippen MR) is 78.4 cm³/mol. The first-order valence-corrected chi connectivity index (χ1v) is 7.28. The quantitative estimate of drug-likeness (QED) is 0.775. The van der Waals surface area contributed by atoms with Gasteiger partial charge in [0.05, 0.1) is 6.42 Å². The van der Waals surface area contributed by atoms with Crippen LogP contribution in [0.5, 0.6) is 0 Å². The summed E-state index contributed by atoms with van der Waals surface area (Å²) in [6.45, 7) is 3.61. The summed E-state index contributed by atoms with van der Waals surface area (Å²) in [6.07, 6.45) is 0.833. The molecule has 0 saturated heterocycles. The second-order valence-corrected chi connectivity index (χ2v) is 5.34. The monoisotopic (exact) mass is 313 g/mol. The van der Waals surface area contributed by atoms with Crippen molar-refractivity contribution in [2.45, 2.75) is 51.5 Å². The first-order valence-electron chi connectivity index (χ1n) is 7.28. The molecule has 0 aromatic heterocycles. The van der Waals surface area contributed by atoms with Crippen molar-refractivity contribution < 1.29 is 23.5 Å². The summed E-state index contributed by atoms with van der Waals surface area (Å²) in [5, 5.41) is 11.7. The predicted octanol–water partition coefficient (Wildman–Crippen LogP) is 3.05. The molecule has 6 heteroatoms. The summed E-state index contributed by atoms with van der Waals surface area (Å²) in [5.74, 6) is -2.47. The van der Waals surface area contributed by atoms with Crippen molar-refractivity contribution in [2.24, 2.45) is 0 Å². The van der Waals surface area contributed by atoms with Crippen molar-refractivity contribution in [3.8, 4) is 0 Å². The van der Waals surface area contributed by atoms with Crippen molar-refractivity contribution in [1.29, 1.82) is 0 Å². The Morgan fingerprint density at radius 1 is 1.23 bits per heavy atom. The van der Waals surface area contributed by atoms with Crippen LogP contribution in [0, 0.1) is 11.6 Å². The average molecular weight is 313 g/mol. The van der Waals surface area contributed by atoms with Crippen LogP contribution in [0.25, 0.3) is 0 Å². The summed E-state index contributed by atoms with van der Waals surface area (Å²) < 4.78 is 26.5. The molecule has 0 saturated carbocycles. The lowest BCUT2D eigenvalue weighted by molar-refractivity contribution is -0.139. The molecule has 0 aliphatic rings. The van der Waals surface area contributed by atoms with Gasteiger partial charge in [-0.25, -0.2) is 8.78 Å². The average Bonchev–Trinajstić information content (AvgIpc) is 2.47. The lowest BCUT2D eigenvalue weighted by Gasteiger charge is -2.31. The molecule has 2 N–H and O–H groups in total. The van der Waals surface area contributed by atoms with Crippen molar-refractivity contribution >= 4 is 11.9 Å². The number of nitrogens with one attached hydrogen (secondary N) is 1. The van der Waals surface area contributed by atoms with Gasteiger partial charge in [0.15, 0.2) is 0 Å². The summed E-state index contributed by atoms with van der Waals surface area (Å²) in [4.78, 5) is 22.9. The van der Waals surface area contributed by atoms with Gasteiger partial charge in [0.1, 0.15) is 11.6 Å². The smallest absolute Gasteiger partial charge is 0.305 e. The van der Waals surface area contributed by atoms with Gasteiger partial charge < -0.3 is 10.4 Å². The molecule has 122 valence electrons. The zero-order valence-corrected chi connectivity index (χ0v) is 12.8. The van der Waals surface area contributed by atoms with E-state index in [-0.39, 0.29) is 30.7 Å². The van der Waals surface area contributed by atoms with Gasteiger partial charge in [0.2, 0.25) is 5.91 Å². The third-order valence-corrected chi connectivity index (χ3v) is 3.88. The van der Waals surface area contributed by atoms with E-state index in [1.54, 1.807) is 13.8 Å². The van der Waals surface area contributed by atoms with Crippen LogP contribution in [0.15, 0.2) is 18.2 Å². The minimum Gasteiger partial charge on any atom is -0.481 e. The van der Waals surface area contributed by atoms with Crippen LogP contribution in [-0.2, 0) is 16.0 Å². The van der Waals surface area contributed by atoms with Gasteiger partial charge in [-0.1, -0.05) is 13.8 Å². The molecule has 0 heterocycles. The zero-order chi connectivity index (χ0) is 16.8. The van der Waals surface area contributed by atoms with E-state index in [9.17, 15) is 18.4 Å². The third kappa shape index (κ3) is 5.09. The van der Waals surface area contributed by atoms with Gasteiger partial charge in [0.25, 0.3) is 0 Å². The summed E-state index contributed by atoms with van der Waals surface area (Å²) in [7, 11) is 0. The van der Waals surface area contributed by atoms with Crippen molar-refractivity contribution in [2.75, 3.05) is 0 Å². The Labute approximate surface area is 128 Å². The molecule has 0 atom stereocenters. The van der Waals surface area contributed by atoms with Gasteiger partial charge in [-0.2, -0.15) is 0 Å². The Bertz CT molecular complexity index is 542. The molecule has 0 fully saturated rings. The lowest BCUT2D eigenvalue weighted by atomic mass is 9.88. The van der Waals surface area contributed by atoms with Crippen LogP contribution in [0.3, 0.4) is 0 Å². The van der Waals surface area contributed by atoms with Gasteiger partial charge in [0, 0.05) is 12.0 Å².